The van der Waals surface area contributed by atoms with E-state index in [0.29, 0.717) is 10.7 Å². The molecule has 1 unspecified atom stereocenters. The molecule has 0 fully saturated rings. The van der Waals surface area contributed by atoms with Gasteiger partial charge < -0.3 is 10.6 Å². The van der Waals surface area contributed by atoms with Crippen LogP contribution < -0.4 is 10.6 Å². The first kappa shape index (κ1) is 13.1. The number of benzene rings is 1. The minimum atomic E-state index is -4.36. The number of hydrogen-bond acceptors (Lipinski definition) is 2. The molecule has 1 atom stereocenters. The number of rotatable bonds is 3. The average Bonchev–Trinajstić information content (AvgIpc) is 2.16. The van der Waals surface area contributed by atoms with Gasteiger partial charge in [0, 0.05) is 24.3 Å². The third-order valence-corrected chi connectivity index (χ3v) is 2.52. The molecule has 1 aromatic carbocycles. The molecule has 1 aromatic rings. The van der Waals surface area contributed by atoms with Crippen LogP contribution in [0, 0.1) is 0 Å². The fraction of sp³-hybridized carbons (Fsp3) is 0.400. The highest BCUT2D eigenvalue weighted by Crippen LogP contribution is 2.28. The highest BCUT2D eigenvalue weighted by atomic mass is 35.5. The number of nitrogens with two attached hydrogens (primary N) is 1. The second-order valence-corrected chi connectivity index (χ2v) is 3.82. The molecule has 2 nitrogen and oxygen atoms in total. The van der Waals surface area contributed by atoms with Gasteiger partial charge >= 0.3 is 6.18 Å². The molecule has 0 bridgehead atoms. The molecule has 1 rings (SSSR count). The third-order valence-electron chi connectivity index (χ3n) is 2.28. The van der Waals surface area contributed by atoms with Crippen molar-refractivity contribution in [2.75, 3.05) is 18.5 Å². The summed E-state index contributed by atoms with van der Waals surface area (Å²) in [6.07, 6.45) is -4.36. The predicted molar refractivity (Wildman–Crippen MR) is 58.8 cm³/mol. The highest BCUT2D eigenvalue weighted by molar-refractivity contribution is 6.30. The van der Waals surface area contributed by atoms with Crippen molar-refractivity contribution in [3.63, 3.8) is 0 Å². The number of nitrogens with zero attached hydrogens (tertiary/aromatic N) is 1. The summed E-state index contributed by atoms with van der Waals surface area (Å²) in [7, 11) is 1.34. The van der Waals surface area contributed by atoms with E-state index in [1.165, 1.54) is 13.1 Å². The van der Waals surface area contributed by atoms with Crippen molar-refractivity contribution in [1.29, 1.82) is 0 Å². The first-order valence-electron chi connectivity index (χ1n) is 4.61. The maximum atomic E-state index is 12.6. The summed E-state index contributed by atoms with van der Waals surface area (Å²) in [5, 5.41) is 0.391. The van der Waals surface area contributed by atoms with Crippen LogP contribution in [0.3, 0.4) is 0 Å². The number of hydrogen-bond donors (Lipinski definition) is 1. The number of anilines is 1. The fourth-order valence-electron chi connectivity index (χ4n) is 1.39. The molecule has 0 amide bonds. The van der Waals surface area contributed by atoms with Gasteiger partial charge in [-0.05, 0) is 18.2 Å². The topological polar surface area (TPSA) is 29.3 Å². The van der Waals surface area contributed by atoms with E-state index in [4.69, 9.17) is 17.3 Å². The van der Waals surface area contributed by atoms with Crippen LogP contribution in [0.25, 0.3) is 0 Å². The Kier molecular flexibility index (Phi) is 4.04. The highest BCUT2D eigenvalue weighted by Gasteiger charge is 2.41. The van der Waals surface area contributed by atoms with E-state index >= 15 is 0 Å². The van der Waals surface area contributed by atoms with E-state index in [0.717, 1.165) is 4.90 Å². The summed E-state index contributed by atoms with van der Waals surface area (Å²) in [4.78, 5) is 1.08. The minimum absolute atomic E-state index is 0.389. The van der Waals surface area contributed by atoms with Gasteiger partial charge in [-0.1, -0.05) is 17.7 Å². The van der Waals surface area contributed by atoms with Gasteiger partial charge in [0.1, 0.15) is 6.04 Å². The van der Waals surface area contributed by atoms with Crippen LogP contribution in [0.1, 0.15) is 0 Å². The number of alkyl halides is 3. The summed E-state index contributed by atoms with van der Waals surface area (Å²) in [6, 6.07) is 4.52. The zero-order valence-corrected chi connectivity index (χ0v) is 9.39. The van der Waals surface area contributed by atoms with Gasteiger partial charge in [-0.15, -0.1) is 0 Å². The van der Waals surface area contributed by atoms with E-state index in [2.05, 4.69) is 0 Å². The fourth-order valence-corrected chi connectivity index (χ4v) is 1.57. The molecule has 0 aliphatic rings. The van der Waals surface area contributed by atoms with Crippen LogP contribution in [0.5, 0.6) is 0 Å². The maximum Gasteiger partial charge on any atom is 0.409 e. The molecule has 0 radical (unpaired) electrons. The Labute approximate surface area is 96.8 Å². The van der Waals surface area contributed by atoms with Crippen molar-refractivity contribution in [2.24, 2.45) is 5.73 Å². The normalized spacial score (nSPS) is 13.6. The lowest BCUT2D eigenvalue weighted by Crippen LogP contribution is -2.48. The van der Waals surface area contributed by atoms with Crippen molar-refractivity contribution in [2.45, 2.75) is 12.2 Å². The van der Waals surface area contributed by atoms with E-state index in [-0.39, 0.29) is 0 Å². The van der Waals surface area contributed by atoms with E-state index in [9.17, 15) is 13.2 Å². The van der Waals surface area contributed by atoms with Gasteiger partial charge in [-0.2, -0.15) is 13.2 Å². The van der Waals surface area contributed by atoms with Crippen LogP contribution in [0.15, 0.2) is 24.3 Å². The Bertz CT molecular complexity index is 354. The molecule has 0 spiro atoms. The minimum Gasteiger partial charge on any atom is -0.362 e. The Balaban J connectivity index is 2.96. The van der Waals surface area contributed by atoms with Crippen molar-refractivity contribution in [3.8, 4) is 0 Å². The van der Waals surface area contributed by atoms with E-state index < -0.39 is 18.8 Å². The zero-order valence-electron chi connectivity index (χ0n) is 8.63. The molecule has 0 saturated heterocycles. The molecule has 0 saturated carbocycles. The first-order chi connectivity index (χ1) is 7.36. The number of likely N-dealkylation sites (N-methyl/N-ethyl adjacent to an activating group) is 1. The summed E-state index contributed by atoms with van der Waals surface area (Å²) >= 11 is 5.71. The average molecular weight is 253 g/mol. The quantitative estimate of drug-likeness (QED) is 0.896. The maximum absolute atomic E-state index is 12.6. The van der Waals surface area contributed by atoms with Gasteiger partial charge in [0.2, 0.25) is 0 Å². The van der Waals surface area contributed by atoms with Crippen molar-refractivity contribution in [3.05, 3.63) is 29.3 Å². The summed E-state index contributed by atoms with van der Waals surface area (Å²) in [5.74, 6) is 0. The molecule has 90 valence electrons. The van der Waals surface area contributed by atoms with Crippen molar-refractivity contribution in [1.82, 2.24) is 0 Å². The molecular formula is C10H12ClF3N2. The first-order valence-corrected chi connectivity index (χ1v) is 4.99. The SMILES string of the molecule is CN(c1cccc(Cl)c1)C(CN)C(F)(F)F. The van der Waals surface area contributed by atoms with Crippen molar-refractivity contribution < 1.29 is 13.2 Å². The zero-order chi connectivity index (χ0) is 12.3. The summed E-state index contributed by atoms with van der Waals surface area (Å²) in [6.45, 7) is -0.494. The van der Waals surface area contributed by atoms with E-state index in [1.807, 2.05) is 0 Å². The molecule has 6 heteroatoms. The predicted octanol–water partition coefficient (Wildman–Crippen LogP) is 2.67. The summed E-state index contributed by atoms with van der Waals surface area (Å²) < 4.78 is 37.8. The molecule has 0 heterocycles. The van der Waals surface area contributed by atoms with Gasteiger partial charge in [0.05, 0.1) is 0 Å². The van der Waals surface area contributed by atoms with Gasteiger partial charge in [0.25, 0.3) is 0 Å². The van der Waals surface area contributed by atoms with Crippen LogP contribution >= 0.6 is 11.6 Å². The van der Waals surface area contributed by atoms with Gasteiger partial charge in [-0.25, -0.2) is 0 Å². The van der Waals surface area contributed by atoms with E-state index in [1.54, 1.807) is 18.2 Å². The lowest BCUT2D eigenvalue weighted by Gasteiger charge is -2.30. The molecular weight excluding hydrogens is 241 g/mol. The van der Waals surface area contributed by atoms with Crippen LogP contribution in [-0.4, -0.2) is 25.8 Å². The van der Waals surface area contributed by atoms with Crippen LogP contribution in [-0.2, 0) is 0 Å². The summed E-state index contributed by atoms with van der Waals surface area (Å²) in [5.41, 5.74) is 5.53. The van der Waals surface area contributed by atoms with Crippen molar-refractivity contribution >= 4 is 17.3 Å². The number of halogens is 4. The second kappa shape index (κ2) is 4.93. The van der Waals surface area contributed by atoms with Crippen LogP contribution in [0.4, 0.5) is 18.9 Å². The Hall–Kier alpha value is -0.940. The van der Waals surface area contributed by atoms with Gasteiger partial charge in [-0.3, -0.25) is 0 Å². The smallest absolute Gasteiger partial charge is 0.362 e. The van der Waals surface area contributed by atoms with Crippen LogP contribution in [0.2, 0.25) is 5.02 Å². The second-order valence-electron chi connectivity index (χ2n) is 3.38. The largest absolute Gasteiger partial charge is 0.409 e. The Morgan fingerprint density at radius 2 is 2.06 bits per heavy atom. The molecule has 0 aliphatic carbocycles. The molecule has 16 heavy (non-hydrogen) atoms. The standard InChI is InChI=1S/C10H12ClF3N2/c1-16(9(6-15)10(12,13)14)8-4-2-3-7(11)5-8/h2-5,9H,6,15H2,1H3. The Morgan fingerprint density at radius 3 is 2.50 bits per heavy atom. The van der Waals surface area contributed by atoms with Gasteiger partial charge in [0.15, 0.2) is 0 Å². The lowest BCUT2D eigenvalue weighted by molar-refractivity contribution is -0.145. The molecule has 2 N–H and O–H groups in total. The molecule has 0 aliphatic heterocycles. The Morgan fingerprint density at radius 1 is 1.44 bits per heavy atom. The third kappa shape index (κ3) is 3.02. The molecule has 0 aromatic heterocycles. The lowest BCUT2D eigenvalue weighted by atomic mass is 10.2. The monoisotopic (exact) mass is 252 g/mol.